The number of aryl methyl sites for hydroxylation is 3. The van der Waals surface area contributed by atoms with Gasteiger partial charge in [0, 0.05) is 31.7 Å². The van der Waals surface area contributed by atoms with Crippen LogP contribution in [0.3, 0.4) is 0 Å². The van der Waals surface area contributed by atoms with Crippen molar-refractivity contribution in [3.05, 3.63) is 76.6 Å². The summed E-state index contributed by atoms with van der Waals surface area (Å²) < 4.78 is 1.69. The number of hydrogen-bond acceptors (Lipinski definition) is 2. The zero-order valence-electron chi connectivity index (χ0n) is 16.7. The largest absolute Gasteiger partial charge is 0.337 e. The molecule has 2 heterocycles. The molecule has 0 N–H and O–H groups in total. The maximum absolute atomic E-state index is 12.9. The number of nitrogens with zero attached hydrogens (tertiary/aromatic N) is 3. The molecule has 1 aromatic heterocycles. The topological polar surface area (TPSA) is 38.1 Å². The van der Waals surface area contributed by atoms with E-state index in [9.17, 15) is 4.79 Å². The number of benzene rings is 2. The van der Waals surface area contributed by atoms with Gasteiger partial charge in [0.05, 0.1) is 0 Å². The molecule has 5 rings (SSSR count). The molecule has 28 heavy (non-hydrogen) atoms. The second-order valence-corrected chi connectivity index (χ2v) is 8.35. The van der Waals surface area contributed by atoms with Gasteiger partial charge in [-0.05, 0) is 55.0 Å². The third kappa shape index (κ3) is 2.44. The molecule has 2 aliphatic rings. The van der Waals surface area contributed by atoms with Gasteiger partial charge in [-0.15, -0.1) is 0 Å². The average molecular weight is 371 g/mol. The minimum atomic E-state index is 0.0175. The predicted molar refractivity (Wildman–Crippen MR) is 110 cm³/mol. The molecule has 0 atom stereocenters. The number of amides is 1. The molecule has 1 amide bonds. The maximum atomic E-state index is 12.9. The molecular formula is C24H25N3O. The smallest absolute Gasteiger partial charge is 0.274 e. The number of rotatable bonds is 1. The lowest BCUT2D eigenvalue weighted by molar-refractivity contribution is 0.0681. The molecule has 1 saturated heterocycles. The molecule has 0 radical (unpaired) electrons. The number of likely N-dealkylation sites (tertiary alicyclic amines) is 1. The van der Waals surface area contributed by atoms with Crippen molar-refractivity contribution in [1.82, 2.24) is 14.7 Å². The lowest BCUT2D eigenvalue weighted by atomic mass is 9.70. The van der Waals surface area contributed by atoms with Crippen LogP contribution >= 0.6 is 0 Å². The highest BCUT2D eigenvalue weighted by Gasteiger charge is 2.45. The van der Waals surface area contributed by atoms with Gasteiger partial charge in [-0.2, -0.15) is 5.10 Å². The number of aromatic nitrogens is 2. The SMILES string of the molecule is Cc1ccc2c(c1)C1(CCN(C(=O)c3ccn(C)n3)CC1)c1cc(C)ccc1-2. The van der Waals surface area contributed by atoms with Crippen molar-refractivity contribution in [2.75, 3.05) is 13.1 Å². The van der Waals surface area contributed by atoms with Gasteiger partial charge in [0.2, 0.25) is 0 Å². The Bertz CT molecular complexity index is 1030. The number of carbonyl (C=O) groups excluding carboxylic acids is 1. The van der Waals surface area contributed by atoms with E-state index in [2.05, 4.69) is 55.3 Å². The fourth-order valence-corrected chi connectivity index (χ4v) is 5.04. The molecule has 2 aromatic carbocycles. The second-order valence-electron chi connectivity index (χ2n) is 8.35. The van der Waals surface area contributed by atoms with Crippen LogP contribution in [0.5, 0.6) is 0 Å². The molecule has 0 bridgehead atoms. The van der Waals surface area contributed by atoms with Gasteiger partial charge in [-0.1, -0.05) is 47.5 Å². The van der Waals surface area contributed by atoms with Crippen LogP contribution in [0.1, 0.15) is 45.6 Å². The first-order valence-corrected chi connectivity index (χ1v) is 9.99. The molecule has 0 unspecified atom stereocenters. The van der Waals surface area contributed by atoms with Gasteiger partial charge in [0.25, 0.3) is 5.91 Å². The normalized spacial score (nSPS) is 16.9. The fourth-order valence-electron chi connectivity index (χ4n) is 5.04. The van der Waals surface area contributed by atoms with Gasteiger partial charge < -0.3 is 4.90 Å². The van der Waals surface area contributed by atoms with Crippen LogP contribution in [0.4, 0.5) is 0 Å². The van der Waals surface area contributed by atoms with Gasteiger partial charge in [-0.25, -0.2) is 0 Å². The molecule has 3 aromatic rings. The molecule has 0 saturated carbocycles. The summed E-state index contributed by atoms with van der Waals surface area (Å²) in [6, 6.07) is 15.5. The van der Waals surface area contributed by atoms with E-state index in [-0.39, 0.29) is 11.3 Å². The van der Waals surface area contributed by atoms with E-state index in [1.165, 1.54) is 33.4 Å². The highest BCUT2D eigenvalue weighted by molar-refractivity contribution is 5.92. The van der Waals surface area contributed by atoms with Crippen molar-refractivity contribution in [2.24, 2.45) is 7.05 Å². The fraction of sp³-hybridized carbons (Fsp3) is 0.333. The third-order valence-electron chi connectivity index (χ3n) is 6.51. The molecule has 1 fully saturated rings. The van der Waals surface area contributed by atoms with Crippen molar-refractivity contribution >= 4 is 5.91 Å². The Labute approximate surface area is 165 Å². The first kappa shape index (κ1) is 17.2. The van der Waals surface area contributed by atoms with E-state index in [0.717, 1.165) is 25.9 Å². The first-order chi connectivity index (χ1) is 13.5. The Morgan fingerprint density at radius 2 is 1.50 bits per heavy atom. The van der Waals surface area contributed by atoms with Gasteiger partial charge in [-0.3, -0.25) is 9.48 Å². The van der Waals surface area contributed by atoms with Crippen LogP contribution < -0.4 is 0 Å². The number of fused-ring (bicyclic) bond motifs is 5. The summed E-state index contributed by atoms with van der Waals surface area (Å²) in [4.78, 5) is 14.8. The highest BCUT2D eigenvalue weighted by Crippen LogP contribution is 2.54. The van der Waals surface area contributed by atoms with E-state index in [1.54, 1.807) is 10.7 Å². The summed E-state index contributed by atoms with van der Waals surface area (Å²) in [5.41, 5.74) is 8.77. The van der Waals surface area contributed by atoms with Crippen LogP contribution in [-0.2, 0) is 12.5 Å². The Morgan fingerprint density at radius 1 is 0.929 bits per heavy atom. The number of hydrogen-bond donors (Lipinski definition) is 0. The van der Waals surface area contributed by atoms with Crippen LogP contribution in [0.25, 0.3) is 11.1 Å². The van der Waals surface area contributed by atoms with Crippen LogP contribution in [0.2, 0.25) is 0 Å². The molecule has 142 valence electrons. The zero-order chi connectivity index (χ0) is 19.5. The quantitative estimate of drug-likeness (QED) is 0.642. The Hall–Kier alpha value is -2.88. The molecule has 1 aliphatic heterocycles. The molecule has 4 heteroatoms. The Kier molecular flexibility index (Phi) is 3.73. The molecule has 1 spiro atoms. The standard InChI is InChI=1S/C24H25N3O/c1-16-4-6-18-19-7-5-17(2)15-21(19)24(20(18)14-16)9-12-27(13-10-24)23(28)22-8-11-26(3)25-22/h4-8,11,14-15H,9-10,12-13H2,1-3H3. The van der Waals surface area contributed by atoms with E-state index in [4.69, 9.17) is 0 Å². The Morgan fingerprint density at radius 3 is 2.00 bits per heavy atom. The van der Waals surface area contributed by atoms with Crippen molar-refractivity contribution < 1.29 is 4.79 Å². The van der Waals surface area contributed by atoms with Crippen molar-refractivity contribution in [1.29, 1.82) is 0 Å². The second kappa shape index (κ2) is 6.06. The van der Waals surface area contributed by atoms with Gasteiger partial charge >= 0.3 is 0 Å². The molecular weight excluding hydrogens is 346 g/mol. The summed E-state index contributed by atoms with van der Waals surface area (Å²) in [5, 5.41) is 4.30. The van der Waals surface area contributed by atoms with E-state index in [1.807, 2.05) is 18.1 Å². The highest BCUT2D eigenvalue weighted by atomic mass is 16.2. The van der Waals surface area contributed by atoms with E-state index >= 15 is 0 Å². The summed E-state index contributed by atoms with van der Waals surface area (Å²) in [5.74, 6) is 0.0439. The number of piperidine rings is 1. The summed E-state index contributed by atoms with van der Waals surface area (Å²) in [7, 11) is 1.85. The average Bonchev–Trinajstić information content (AvgIpc) is 3.23. The van der Waals surface area contributed by atoms with Crippen LogP contribution in [0, 0.1) is 13.8 Å². The van der Waals surface area contributed by atoms with Gasteiger partial charge in [0.15, 0.2) is 0 Å². The minimum absolute atomic E-state index is 0.0175. The molecule has 1 aliphatic carbocycles. The first-order valence-electron chi connectivity index (χ1n) is 9.99. The van der Waals surface area contributed by atoms with Gasteiger partial charge in [0.1, 0.15) is 5.69 Å². The minimum Gasteiger partial charge on any atom is -0.337 e. The zero-order valence-corrected chi connectivity index (χ0v) is 16.7. The van der Waals surface area contributed by atoms with E-state index < -0.39 is 0 Å². The van der Waals surface area contributed by atoms with Crippen LogP contribution in [0.15, 0.2) is 48.7 Å². The number of carbonyl (C=O) groups is 1. The maximum Gasteiger partial charge on any atom is 0.274 e. The van der Waals surface area contributed by atoms with Crippen LogP contribution in [-0.4, -0.2) is 33.7 Å². The predicted octanol–water partition coefficient (Wildman–Crippen LogP) is 4.24. The van der Waals surface area contributed by atoms with E-state index in [0.29, 0.717) is 5.69 Å². The van der Waals surface area contributed by atoms with Crippen molar-refractivity contribution in [3.8, 4) is 11.1 Å². The summed E-state index contributed by atoms with van der Waals surface area (Å²) >= 11 is 0. The Balaban J connectivity index is 1.52. The lowest BCUT2D eigenvalue weighted by Crippen LogP contribution is -2.45. The van der Waals surface area contributed by atoms with Crippen molar-refractivity contribution in [3.63, 3.8) is 0 Å². The molecule has 4 nitrogen and oxygen atoms in total. The lowest BCUT2D eigenvalue weighted by Gasteiger charge is -2.41. The summed E-state index contributed by atoms with van der Waals surface area (Å²) in [6.45, 7) is 5.86. The monoisotopic (exact) mass is 371 g/mol. The third-order valence-corrected chi connectivity index (χ3v) is 6.51. The summed E-state index contributed by atoms with van der Waals surface area (Å²) in [6.07, 6.45) is 3.74. The van der Waals surface area contributed by atoms with Crippen molar-refractivity contribution in [2.45, 2.75) is 32.1 Å².